The van der Waals surface area contributed by atoms with Crippen molar-refractivity contribution in [1.29, 1.82) is 0 Å². The monoisotopic (exact) mass is 140 g/mol. The zero-order valence-corrected chi connectivity index (χ0v) is 5.46. The van der Waals surface area contributed by atoms with Gasteiger partial charge in [-0.3, -0.25) is 9.59 Å². The van der Waals surface area contributed by atoms with Gasteiger partial charge in [0.1, 0.15) is 5.78 Å². The molecular formula is C7H8O3. The second-order valence-corrected chi connectivity index (χ2v) is 3.18. The molecule has 0 aromatic rings. The highest BCUT2D eigenvalue weighted by Crippen LogP contribution is 2.61. The zero-order valence-electron chi connectivity index (χ0n) is 5.46. The third kappa shape index (κ3) is 0.462. The molecule has 0 heterocycles. The quantitative estimate of drug-likeness (QED) is 0.575. The van der Waals surface area contributed by atoms with E-state index >= 15 is 0 Å². The van der Waals surface area contributed by atoms with Crippen LogP contribution in [0.5, 0.6) is 0 Å². The Hall–Kier alpha value is -0.860. The predicted molar refractivity (Wildman–Crippen MR) is 32.4 cm³/mol. The minimum absolute atomic E-state index is 0.120. The molecule has 0 aromatic carbocycles. The number of hydrogen-bond donors (Lipinski definition) is 1. The van der Waals surface area contributed by atoms with Gasteiger partial charge in [-0.25, -0.2) is 0 Å². The third-order valence-electron chi connectivity index (χ3n) is 2.71. The van der Waals surface area contributed by atoms with Crippen LogP contribution >= 0.6 is 0 Å². The molecule has 2 aliphatic carbocycles. The van der Waals surface area contributed by atoms with Gasteiger partial charge >= 0.3 is 5.97 Å². The van der Waals surface area contributed by atoms with Crippen LogP contribution in [0.15, 0.2) is 0 Å². The second-order valence-electron chi connectivity index (χ2n) is 3.18. The molecule has 2 saturated carbocycles. The summed E-state index contributed by atoms with van der Waals surface area (Å²) >= 11 is 0. The lowest BCUT2D eigenvalue weighted by Crippen LogP contribution is -2.13. The molecule has 54 valence electrons. The number of Topliss-reactive ketones (excluding diaryl/α,β-unsaturated/α-hetero) is 1. The summed E-state index contributed by atoms with van der Waals surface area (Å²) in [5.74, 6) is -0.740. The van der Waals surface area contributed by atoms with E-state index in [9.17, 15) is 9.59 Å². The molecule has 0 radical (unpaired) electrons. The van der Waals surface area contributed by atoms with E-state index < -0.39 is 11.4 Å². The fourth-order valence-electron chi connectivity index (χ4n) is 1.87. The van der Waals surface area contributed by atoms with Gasteiger partial charge in [0.05, 0.1) is 5.41 Å². The molecule has 0 amide bonds. The number of aliphatic carboxylic acids is 1. The lowest BCUT2D eigenvalue weighted by Gasteiger charge is -2.00. The minimum atomic E-state index is -0.775. The van der Waals surface area contributed by atoms with E-state index in [4.69, 9.17) is 5.11 Å². The van der Waals surface area contributed by atoms with Crippen LogP contribution in [0.2, 0.25) is 0 Å². The van der Waals surface area contributed by atoms with Crippen LogP contribution < -0.4 is 0 Å². The highest BCUT2D eigenvalue weighted by Gasteiger charge is 2.66. The van der Waals surface area contributed by atoms with Crippen molar-refractivity contribution in [2.45, 2.75) is 19.3 Å². The molecule has 1 N–H and O–H groups in total. The van der Waals surface area contributed by atoms with Crippen molar-refractivity contribution >= 4 is 11.8 Å². The van der Waals surface area contributed by atoms with Crippen LogP contribution in [0.4, 0.5) is 0 Å². The second kappa shape index (κ2) is 1.41. The highest BCUT2D eigenvalue weighted by atomic mass is 16.4. The van der Waals surface area contributed by atoms with Crippen LogP contribution in [-0.4, -0.2) is 16.9 Å². The molecule has 3 heteroatoms. The van der Waals surface area contributed by atoms with Crippen LogP contribution in [0, 0.1) is 11.3 Å². The summed E-state index contributed by atoms with van der Waals surface area (Å²) in [7, 11) is 0. The Bertz CT molecular complexity index is 221. The number of carboxylic acid groups (broad SMARTS) is 1. The van der Waals surface area contributed by atoms with Crippen LogP contribution in [-0.2, 0) is 9.59 Å². The van der Waals surface area contributed by atoms with Crippen molar-refractivity contribution in [3.63, 3.8) is 0 Å². The zero-order chi connectivity index (χ0) is 7.35. The lowest BCUT2D eigenvalue weighted by molar-refractivity contribution is -0.143. The summed E-state index contributed by atoms with van der Waals surface area (Å²) in [6, 6.07) is 0. The minimum Gasteiger partial charge on any atom is -0.481 e. The first-order chi connectivity index (χ1) is 4.67. The fraction of sp³-hybridized carbons (Fsp3) is 0.714. The van der Waals surface area contributed by atoms with Crippen molar-refractivity contribution in [1.82, 2.24) is 0 Å². The maximum Gasteiger partial charge on any atom is 0.310 e. The summed E-state index contributed by atoms with van der Waals surface area (Å²) in [5.41, 5.74) is -0.600. The molecule has 0 aliphatic heterocycles. The van der Waals surface area contributed by atoms with Gasteiger partial charge in [-0.1, -0.05) is 0 Å². The fourth-order valence-corrected chi connectivity index (χ4v) is 1.87. The summed E-state index contributed by atoms with van der Waals surface area (Å²) in [5, 5.41) is 8.68. The van der Waals surface area contributed by atoms with E-state index in [0.29, 0.717) is 19.3 Å². The van der Waals surface area contributed by atoms with Crippen LogP contribution in [0.1, 0.15) is 19.3 Å². The Labute approximate surface area is 58.0 Å². The Balaban J connectivity index is 2.25. The normalized spacial score (nSPS) is 43.2. The van der Waals surface area contributed by atoms with E-state index in [2.05, 4.69) is 0 Å². The van der Waals surface area contributed by atoms with Crippen molar-refractivity contribution in [2.24, 2.45) is 11.3 Å². The molecule has 0 spiro atoms. The van der Waals surface area contributed by atoms with Gasteiger partial charge < -0.3 is 5.11 Å². The molecule has 0 aromatic heterocycles. The molecule has 2 aliphatic rings. The topological polar surface area (TPSA) is 54.4 Å². The standard InChI is InChI=1S/C7H8O3/c8-5-1-2-7(6(9)10)3-4(5)7/h4H,1-3H2,(H,9,10). The largest absolute Gasteiger partial charge is 0.481 e. The van der Waals surface area contributed by atoms with Crippen molar-refractivity contribution in [3.8, 4) is 0 Å². The maximum absolute atomic E-state index is 10.9. The molecule has 10 heavy (non-hydrogen) atoms. The number of carboxylic acids is 1. The Kier molecular flexibility index (Phi) is 0.832. The summed E-state index contributed by atoms with van der Waals surface area (Å²) < 4.78 is 0. The van der Waals surface area contributed by atoms with Crippen LogP contribution in [0.25, 0.3) is 0 Å². The number of rotatable bonds is 1. The van der Waals surface area contributed by atoms with Gasteiger partial charge in [-0.05, 0) is 12.8 Å². The van der Waals surface area contributed by atoms with E-state index in [1.807, 2.05) is 0 Å². The molecule has 2 unspecified atom stereocenters. The third-order valence-corrected chi connectivity index (χ3v) is 2.71. The first kappa shape index (κ1) is 5.89. The van der Waals surface area contributed by atoms with E-state index in [-0.39, 0.29) is 11.7 Å². The molecule has 0 bridgehead atoms. The van der Waals surface area contributed by atoms with E-state index in [1.165, 1.54) is 0 Å². The van der Waals surface area contributed by atoms with Gasteiger partial charge in [-0.15, -0.1) is 0 Å². The molecule has 2 atom stereocenters. The van der Waals surface area contributed by atoms with Gasteiger partial charge in [0.15, 0.2) is 0 Å². The number of fused-ring (bicyclic) bond motifs is 1. The van der Waals surface area contributed by atoms with Gasteiger partial charge in [0.25, 0.3) is 0 Å². The molecule has 2 fully saturated rings. The smallest absolute Gasteiger partial charge is 0.310 e. The molecular weight excluding hydrogens is 132 g/mol. The number of carbonyl (C=O) groups excluding carboxylic acids is 1. The maximum atomic E-state index is 10.9. The van der Waals surface area contributed by atoms with Gasteiger partial charge in [0, 0.05) is 12.3 Å². The summed E-state index contributed by atoms with van der Waals surface area (Å²) in [4.78, 5) is 21.4. The molecule has 2 rings (SSSR count). The Morgan fingerprint density at radius 1 is 1.70 bits per heavy atom. The average molecular weight is 140 g/mol. The van der Waals surface area contributed by atoms with Crippen molar-refractivity contribution in [3.05, 3.63) is 0 Å². The first-order valence-corrected chi connectivity index (χ1v) is 3.43. The van der Waals surface area contributed by atoms with E-state index in [1.54, 1.807) is 0 Å². The van der Waals surface area contributed by atoms with Crippen LogP contribution in [0.3, 0.4) is 0 Å². The highest BCUT2D eigenvalue weighted by molar-refractivity contribution is 5.97. The first-order valence-electron chi connectivity index (χ1n) is 3.43. The van der Waals surface area contributed by atoms with Gasteiger partial charge in [-0.2, -0.15) is 0 Å². The molecule has 3 nitrogen and oxygen atoms in total. The predicted octanol–water partition coefficient (Wildman–Crippen LogP) is 0.440. The number of carbonyl (C=O) groups is 2. The number of hydrogen-bond acceptors (Lipinski definition) is 2. The van der Waals surface area contributed by atoms with Crippen molar-refractivity contribution in [2.75, 3.05) is 0 Å². The summed E-state index contributed by atoms with van der Waals surface area (Å²) in [6.45, 7) is 0. The summed E-state index contributed by atoms with van der Waals surface area (Å²) in [6.07, 6.45) is 1.66. The van der Waals surface area contributed by atoms with Gasteiger partial charge in [0.2, 0.25) is 0 Å². The average Bonchev–Trinajstić information content (AvgIpc) is 2.52. The van der Waals surface area contributed by atoms with E-state index in [0.717, 1.165) is 0 Å². The van der Waals surface area contributed by atoms with Crippen molar-refractivity contribution < 1.29 is 14.7 Å². The Morgan fingerprint density at radius 3 is 2.60 bits per heavy atom. The lowest BCUT2D eigenvalue weighted by atomic mass is 10.1. The number of ketones is 1. The SMILES string of the molecule is O=C1CCC2(C(=O)O)CC12. The Morgan fingerprint density at radius 2 is 2.40 bits per heavy atom. The molecule has 0 saturated heterocycles.